The Labute approximate surface area is 192 Å². The Morgan fingerprint density at radius 3 is 1.94 bits per heavy atom. The van der Waals surface area contributed by atoms with E-state index in [2.05, 4.69) is 0 Å². The molecule has 0 unspecified atom stereocenters. The second-order valence-electron chi connectivity index (χ2n) is 7.30. The average Bonchev–Trinajstić information content (AvgIpc) is 2.86. The summed E-state index contributed by atoms with van der Waals surface area (Å²) in [6.07, 6.45) is 3.14. The smallest absolute Gasteiger partial charge is 0.254 e. The van der Waals surface area contributed by atoms with Gasteiger partial charge in [0.1, 0.15) is 0 Å². The Bertz CT molecular complexity index is 1020. The summed E-state index contributed by atoms with van der Waals surface area (Å²) in [4.78, 5) is 29.0. The van der Waals surface area contributed by atoms with Crippen LogP contribution in [0, 0.1) is 0 Å². The number of phenols is 1. The molecule has 1 saturated heterocycles. The summed E-state index contributed by atoms with van der Waals surface area (Å²) in [7, 11) is 5.96. The maximum absolute atomic E-state index is 13.0. The van der Waals surface area contributed by atoms with Crippen molar-refractivity contribution in [3.63, 3.8) is 0 Å². The highest BCUT2D eigenvalue weighted by Crippen LogP contribution is 2.38. The molecule has 0 atom stereocenters. The van der Waals surface area contributed by atoms with Crippen LogP contribution in [0.2, 0.25) is 0 Å². The topological polar surface area (TPSA) is 97.8 Å². The van der Waals surface area contributed by atoms with E-state index in [0.717, 1.165) is 5.56 Å². The minimum atomic E-state index is -0.173. The van der Waals surface area contributed by atoms with Gasteiger partial charge >= 0.3 is 0 Å². The summed E-state index contributed by atoms with van der Waals surface area (Å²) in [6.45, 7) is 1.64. The van der Waals surface area contributed by atoms with Crippen LogP contribution in [0.1, 0.15) is 15.9 Å². The van der Waals surface area contributed by atoms with Crippen LogP contribution in [0.25, 0.3) is 6.08 Å². The van der Waals surface area contributed by atoms with E-state index in [1.165, 1.54) is 40.6 Å². The molecule has 1 aliphatic rings. The quantitative estimate of drug-likeness (QED) is 0.639. The highest BCUT2D eigenvalue weighted by Gasteiger charge is 2.26. The molecule has 1 aliphatic heterocycles. The van der Waals surface area contributed by atoms with Gasteiger partial charge in [-0.25, -0.2) is 0 Å². The van der Waals surface area contributed by atoms with Crippen LogP contribution in [0.15, 0.2) is 36.4 Å². The summed E-state index contributed by atoms with van der Waals surface area (Å²) in [5.74, 6) is 1.28. The number of carbonyl (C=O) groups excluding carboxylic acids is 2. The molecule has 9 heteroatoms. The molecule has 1 N–H and O–H groups in total. The van der Waals surface area contributed by atoms with Gasteiger partial charge in [-0.3, -0.25) is 9.59 Å². The third-order valence-corrected chi connectivity index (χ3v) is 5.41. The van der Waals surface area contributed by atoms with E-state index in [-0.39, 0.29) is 17.6 Å². The lowest BCUT2D eigenvalue weighted by Gasteiger charge is -2.34. The summed E-state index contributed by atoms with van der Waals surface area (Å²) in [5, 5.41) is 9.68. The molecule has 9 nitrogen and oxygen atoms in total. The Morgan fingerprint density at radius 1 is 0.818 bits per heavy atom. The van der Waals surface area contributed by atoms with E-state index < -0.39 is 0 Å². The number of methoxy groups -OCH3 is 4. The molecule has 0 radical (unpaired) electrons. The zero-order valence-electron chi connectivity index (χ0n) is 19.2. The van der Waals surface area contributed by atoms with E-state index >= 15 is 0 Å². The van der Waals surface area contributed by atoms with Gasteiger partial charge in [0.25, 0.3) is 5.91 Å². The number of ether oxygens (including phenoxy) is 4. The minimum Gasteiger partial charge on any atom is -0.504 e. The number of aromatic hydroxyl groups is 1. The number of piperazine rings is 1. The summed E-state index contributed by atoms with van der Waals surface area (Å²) >= 11 is 0. The molecule has 2 aromatic carbocycles. The number of carbonyl (C=O) groups is 2. The van der Waals surface area contributed by atoms with Crippen LogP contribution in [-0.4, -0.2) is 81.3 Å². The molecule has 0 aliphatic carbocycles. The highest BCUT2D eigenvalue weighted by molar-refractivity contribution is 5.96. The van der Waals surface area contributed by atoms with Crippen LogP contribution in [0.3, 0.4) is 0 Å². The van der Waals surface area contributed by atoms with Crippen molar-refractivity contribution in [2.45, 2.75) is 0 Å². The van der Waals surface area contributed by atoms with E-state index in [0.29, 0.717) is 54.7 Å². The van der Waals surface area contributed by atoms with Gasteiger partial charge in [-0.1, -0.05) is 6.07 Å². The molecule has 2 aromatic rings. The average molecular weight is 456 g/mol. The first-order chi connectivity index (χ1) is 15.9. The van der Waals surface area contributed by atoms with Gasteiger partial charge in [-0.05, 0) is 35.9 Å². The highest BCUT2D eigenvalue weighted by atomic mass is 16.5. The van der Waals surface area contributed by atoms with Crippen molar-refractivity contribution in [2.75, 3.05) is 54.6 Å². The lowest BCUT2D eigenvalue weighted by atomic mass is 10.1. The molecule has 0 bridgehead atoms. The fraction of sp³-hybridized carbons (Fsp3) is 0.333. The Kier molecular flexibility index (Phi) is 7.66. The fourth-order valence-electron chi connectivity index (χ4n) is 3.59. The Hall–Kier alpha value is -3.88. The number of benzene rings is 2. The van der Waals surface area contributed by atoms with Gasteiger partial charge in [0, 0.05) is 37.8 Å². The van der Waals surface area contributed by atoms with E-state index in [9.17, 15) is 14.7 Å². The second-order valence-corrected chi connectivity index (χ2v) is 7.30. The van der Waals surface area contributed by atoms with Crippen molar-refractivity contribution >= 4 is 17.9 Å². The summed E-state index contributed by atoms with van der Waals surface area (Å²) < 4.78 is 21.1. The third kappa shape index (κ3) is 5.31. The number of hydrogen-bond acceptors (Lipinski definition) is 7. The largest absolute Gasteiger partial charge is 0.504 e. The van der Waals surface area contributed by atoms with E-state index in [1.54, 1.807) is 40.1 Å². The second kappa shape index (κ2) is 10.6. The van der Waals surface area contributed by atoms with Gasteiger partial charge in [-0.15, -0.1) is 0 Å². The number of hydrogen-bond donors (Lipinski definition) is 1. The lowest BCUT2D eigenvalue weighted by Crippen LogP contribution is -2.50. The molecule has 3 rings (SSSR count). The maximum atomic E-state index is 13.0. The van der Waals surface area contributed by atoms with Crippen molar-refractivity contribution in [1.29, 1.82) is 0 Å². The Morgan fingerprint density at radius 2 is 1.39 bits per heavy atom. The molecule has 0 saturated carbocycles. The van der Waals surface area contributed by atoms with Gasteiger partial charge < -0.3 is 33.9 Å². The fourth-order valence-corrected chi connectivity index (χ4v) is 3.59. The summed E-state index contributed by atoms with van der Waals surface area (Å²) in [5.41, 5.74) is 1.15. The summed E-state index contributed by atoms with van der Waals surface area (Å²) in [6, 6.07) is 8.09. The van der Waals surface area contributed by atoms with Gasteiger partial charge in [0.2, 0.25) is 11.7 Å². The first-order valence-corrected chi connectivity index (χ1v) is 10.3. The predicted octanol–water partition coefficient (Wildman–Crippen LogP) is 2.42. The predicted molar refractivity (Wildman–Crippen MR) is 122 cm³/mol. The van der Waals surface area contributed by atoms with Crippen molar-refractivity contribution in [1.82, 2.24) is 9.80 Å². The molecular weight excluding hydrogens is 428 g/mol. The normalized spacial score (nSPS) is 13.7. The number of nitrogens with zero attached hydrogens (tertiary/aromatic N) is 2. The zero-order valence-corrected chi connectivity index (χ0v) is 19.2. The Balaban J connectivity index is 1.63. The molecule has 176 valence electrons. The van der Waals surface area contributed by atoms with Crippen LogP contribution in [0.4, 0.5) is 0 Å². The van der Waals surface area contributed by atoms with E-state index in [1.807, 2.05) is 0 Å². The van der Waals surface area contributed by atoms with Crippen molar-refractivity contribution in [3.8, 4) is 28.7 Å². The van der Waals surface area contributed by atoms with Crippen molar-refractivity contribution < 1.29 is 33.6 Å². The maximum Gasteiger partial charge on any atom is 0.254 e. The monoisotopic (exact) mass is 456 g/mol. The van der Waals surface area contributed by atoms with Crippen molar-refractivity contribution in [2.24, 2.45) is 0 Å². The number of phenolic OH excluding ortho intramolecular Hbond substituents is 1. The number of amides is 2. The third-order valence-electron chi connectivity index (χ3n) is 5.41. The molecule has 0 spiro atoms. The molecule has 0 aromatic heterocycles. The lowest BCUT2D eigenvalue weighted by molar-refractivity contribution is -0.127. The molecular formula is C24H28N2O7. The first-order valence-electron chi connectivity index (χ1n) is 10.3. The molecule has 33 heavy (non-hydrogen) atoms. The van der Waals surface area contributed by atoms with Gasteiger partial charge in [-0.2, -0.15) is 0 Å². The van der Waals surface area contributed by atoms with Crippen molar-refractivity contribution in [3.05, 3.63) is 47.5 Å². The van der Waals surface area contributed by atoms with Crippen LogP contribution < -0.4 is 18.9 Å². The van der Waals surface area contributed by atoms with Crippen LogP contribution in [0.5, 0.6) is 28.7 Å². The van der Waals surface area contributed by atoms with Crippen LogP contribution in [-0.2, 0) is 4.79 Å². The van der Waals surface area contributed by atoms with Gasteiger partial charge in [0.15, 0.2) is 23.0 Å². The van der Waals surface area contributed by atoms with E-state index in [4.69, 9.17) is 18.9 Å². The molecule has 1 heterocycles. The van der Waals surface area contributed by atoms with Crippen LogP contribution >= 0.6 is 0 Å². The standard InChI is InChI=1S/C24H28N2O7/c1-30-19-13-16(5-7-18(19)27)6-8-22(28)25-9-11-26(12-10-25)24(29)17-14-20(31-2)23(33-4)21(15-17)32-3/h5-8,13-15,27H,9-12H2,1-4H3. The van der Waals surface area contributed by atoms with Gasteiger partial charge in [0.05, 0.1) is 28.4 Å². The number of rotatable bonds is 7. The SMILES string of the molecule is COc1cc(C=CC(=O)N2CCN(C(=O)c3cc(OC)c(OC)c(OC)c3)CC2)ccc1O. The molecule has 2 amide bonds. The first kappa shape index (κ1) is 23.8. The minimum absolute atomic E-state index is 0.0360. The molecule has 1 fully saturated rings. The zero-order chi connectivity index (χ0) is 24.0.